The van der Waals surface area contributed by atoms with Gasteiger partial charge in [-0.05, 0) is 61.8 Å². The molecular weight excluding hydrogens is 367 g/mol. The number of hydrogen-bond acceptors (Lipinski definition) is 4. The van der Waals surface area contributed by atoms with Gasteiger partial charge in [0.1, 0.15) is 5.82 Å². The topological polar surface area (TPSA) is 49.9 Å². The van der Waals surface area contributed by atoms with Gasteiger partial charge in [0.15, 0.2) is 0 Å². The van der Waals surface area contributed by atoms with Crippen molar-refractivity contribution >= 4 is 15.7 Å². The number of methoxy groups -OCH3 is 1. The minimum absolute atomic E-state index is 0.184. The maximum atomic E-state index is 13.4. The first-order valence-corrected chi connectivity index (χ1v) is 11.5. The Kier molecular flexibility index (Phi) is 6.76. The van der Waals surface area contributed by atoms with Crippen molar-refractivity contribution in [3.05, 3.63) is 29.6 Å². The van der Waals surface area contributed by atoms with Crippen molar-refractivity contribution in [3.8, 4) is 0 Å². The molecule has 1 fully saturated rings. The van der Waals surface area contributed by atoms with Crippen molar-refractivity contribution in [1.82, 2.24) is 4.31 Å². The number of sulfonamides is 1. The van der Waals surface area contributed by atoms with Gasteiger partial charge >= 0.3 is 0 Å². The zero-order valence-corrected chi connectivity index (χ0v) is 17.2. The van der Waals surface area contributed by atoms with Gasteiger partial charge in [-0.1, -0.05) is 6.92 Å². The van der Waals surface area contributed by atoms with E-state index in [9.17, 15) is 12.8 Å². The molecule has 0 radical (unpaired) electrons. The van der Waals surface area contributed by atoms with Gasteiger partial charge in [-0.25, -0.2) is 17.1 Å². The summed E-state index contributed by atoms with van der Waals surface area (Å²) in [6, 6.07) is 5.34. The van der Waals surface area contributed by atoms with Crippen molar-refractivity contribution < 1.29 is 17.5 Å². The summed E-state index contributed by atoms with van der Waals surface area (Å²) in [7, 11) is -1.52. The lowest BCUT2D eigenvalue weighted by molar-refractivity contribution is 0.179. The lowest BCUT2D eigenvalue weighted by Gasteiger charge is -2.37. The van der Waals surface area contributed by atoms with E-state index in [-0.39, 0.29) is 11.6 Å². The van der Waals surface area contributed by atoms with E-state index in [4.69, 9.17) is 4.74 Å². The van der Waals surface area contributed by atoms with E-state index in [1.165, 1.54) is 6.07 Å². The minimum atomic E-state index is -3.19. The first kappa shape index (κ1) is 20.6. The fourth-order valence-electron chi connectivity index (χ4n) is 4.15. The molecule has 1 atom stereocenters. The van der Waals surface area contributed by atoms with Gasteiger partial charge in [0.2, 0.25) is 10.0 Å². The molecule has 1 aromatic rings. The number of fused-ring (bicyclic) bond motifs is 1. The molecule has 27 heavy (non-hydrogen) atoms. The molecule has 0 aromatic heterocycles. The average Bonchev–Trinajstić information content (AvgIpc) is 3.08. The minimum Gasteiger partial charge on any atom is -0.385 e. The number of ether oxygens (including phenoxy) is 1. The third kappa shape index (κ3) is 5.00. The summed E-state index contributed by atoms with van der Waals surface area (Å²) < 4.78 is 45.5. The normalized spacial score (nSPS) is 20.0. The van der Waals surface area contributed by atoms with Crippen LogP contribution in [0.4, 0.5) is 10.1 Å². The highest BCUT2D eigenvalue weighted by Crippen LogP contribution is 2.33. The summed E-state index contributed by atoms with van der Waals surface area (Å²) in [4.78, 5) is 2.34. The monoisotopic (exact) mass is 398 g/mol. The molecule has 1 unspecified atom stereocenters. The quantitative estimate of drug-likeness (QED) is 0.675. The molecule has 0 N–H and O–H groups in total. The number of nitrogens with zero attached hydrogens (tertiary/aromatic N) is 2. The molecule has 2 aliphatic rings. The van der Waals surface area contributed by atoms with E-state index >= 15 is 0 Å². The molecular formula is C20H31FN2O3S. The van der Waals surface area contributed by atoms with Crippen molar-refractivity contribution in [2.24, 2.45) is 5.92 Å². The van der Waals surface area contributed by atoms with E-state index in [2.05, 4.69) is 11.8 Å². The molecule has 0 bridgehead atoms. The summed E-state index contributed by atoms with van der Waals surface area (Å²) in [6.07, 6.45) is 4.09. The first-order chi connectivity index (χ1) is 12.9. The van der Waals surface area contributed by atoms with Crippen LogP contribution in [0.15, 0.2) is 18.2 Å². The Labute approximate surface area is 162 Å². The van der Waals surface area contributed by atoms with Crippen LogP contribution in [-0.2, 0) is 21.2 Å². The van der Waals surface area contributed by atoms with Crippen LogP contribution in [0.25, 0.3) is 0 Å². The molecule has 0 saturated carbocycles. The molecule has 152 valence electrons. The van der Waals surface area contributed by atoms with Crippen LogP contribution < -0.4 is 4.90 Å². The second-order valence-corrected chi connectivity index (χ2v) is 9.93. The van der Waals surface area contributed by atoms with Gasteiger partial charge in [0.05, 0.1) is 5.75 Å². The molecule has 2 heterocycles. The van der Waals surface area contributed by atoms with Crippen molar-refractivity contribution in [1.29, 1.82) is 0 Å². The highest BCUT2D eigenvalue weighted by atomic mass is 32.2. The third-order valence-corrected chi connectivity index (χ3v) is 7.82. The highest BCUT2D eigenvalue weighted by molar-refractivity contribution is 7.89. The second-order valence-electron chi connectivity index (χ2n) is 7.84. The Bertz CT molecular complexity index is 733. The van der Waals surface area contributed by atoms with Gasteiger partial charge in [-0.15, -0.1) is 0 Å². The van der Waals surface area contributed by atoms with E-state index in [0.29, 0.717) is 38.1 Å². The first-order valence-electron chi connectivity index (χ1n) is 9.92. The Morgan fingerprint density at radius 3 is 2.67 bits per heavy atom. The smallest absolute Gasteiger partial charge is 0.214 e. The zero-order valence-electron chi connectivity index (χ0n) is 16.4. The summed E-state index contributed by atoms with van der Waals surface area (Å²) in [5.41, 5.74) is 2.18. The zero-order chi connectivity index (χ0) is 19.4. The van der Waals surface area contributed by atoms with Crippen molar-refractivity contribution in [3.63, 3.8) is 0 Å². The van der Waals surface area contributed by atoms with E-state index in [1.54, 1.807) is 17.5 Å². The third-order valence-electron chi connectivity index (χ3n) is 5.91. The van der Waals surface area contributed by atoms with Crippen LogP contribution >= 0.6 is 0 Å². The molecule has 3 rings (SSSR count). The van der Waals surface area contributed by atoms with Crippen LogP contribution in [0, 0.1) is 11.7 Å². The molecule has 1 aromatic carbocycles. The second kappa shape index (κ2) is 8.88. The van der Waals surface area contributed by atoms with E-state index in [1.807, 2.05) is 6.07 Å². The lowest BCUT2D eigenvalue weighted by Crippen LogP contribution is -2.47. The fourth-order valence-corrected chi connectivity index (χ4v) is 5.88. The van der Waals surface area contributed by atoms with Crippen molar-refractivity contribution in [2.75, 3.05) is 44.0 Å². The molecule has 0 spiro atoms. The van der Waals surface area contributed by atoms with Gasteiger partial charge in [-0.3, -0.25) is 0 Å². The van der Waals surface area contributed by atoms with Crippen LogP contribution in [-0.4, -0.2) is 57.9 Å². The fraction of sp³-hybridized carbons (Fsp3) is 0.700. The molecule has 0 amide bonds. The Morgan fingerprint density at radius 1 is 1.22 bits per heavy atom. The molecule has 1 saturated heterocycles. The summed E-state index contributed by atoms with van der Waals surface area (Å²) in [6.45, 7) is 4.80. The molecule has 7 heteroatoms. The Hall–Kier alpha value is -1.18. The number of anilines is 1. The number of hydrogen-bond donors (Lipinski definition) is 0. The largest absolute Gasteiger partial charge is 0.385 e. The summed E-state index contributed by atoms with van der Waals surface area (Å²) in [5, 5.41) is 0. The molecule has 0 aliphatic carbocycles. The number of piperidine rings is 1. The van der Waals surface area contributed by atoms with Crippen LogP contribution in [0.2, 0.25) is 0 Å². The van der Waals surface area contributed by atoms with Crippen LogP contribution in [0.3, 0.4) is 0 Å². The van der Waals surface area contributed by atoms with Gasteiger partial charge in [0, 0.05) is 45.1 Å². The Morgan fingerprint density at radius 2 is 1.96 bits per heavy atom. The SMILES string of the molecule is COCCC(C)CCS(=O)(=O)N1CCC(N2CCc3cc(F)ccc32)CC1. The standard InChI is InChI=1S/C20H31FN2O3S/c1-16(8-13-26-2)9-14-27(24,25)22-10-6-19(7-11-22)23-12-5-17-15-18(21)3-4-20(17)23/h3-4,15-16,19H,5-14H2,1-2H3. The molecule has 5 nitrogen and oxygen atoms in total. The summed E-state index contributed by atoms with van der Waals surface area (Å²) >= 11 is 0. The summed E-state index contributed by atoms with van der Waals surface area (Å²) in [5.74, 6) is 0.379. The van der Waals surface area contributed by atoms with Gasteiger partial charge in [-0.2, -0.15) is 0 Å². The predicted octanol–water partition coefficient (Wildman–Crippen LogP) is 3.05. The van der Waals surface area contributed by atoms with E-state index in [0.717, 1.165) is 43.5 Å². The maximum Gasteiger partial charge on any atom is 0.214 e. The van der Waals surface area contributed by atoms with Crippen molar-refractivity contribution in [2.45, 2.75) is 45.1 Å². The predicted molar refractivity (Wildman–Crippen MR) is 106 cm³/mol. The average molecular weight is 399 g/mol. The number of benzene rings is 1. The van der Waals surface area contributed by atoms with Crippen LogP contribution in [0.5, 0.6) is 0 Å². The maximum absolute atomic E-state index is 13.4. The van der Waals surface area contributed by atoms with Crippen LogP contribution in [0.1, 0.15) is 38.2 Å². The van der Waals surface area contributed by atoms with Gasteiger partial charge < -0.3 is 9.64 Å². The van der Waals surface area contributed by atoms with E-state index < -0.39 is 10.0 Å². The van der Waals surface area contributed by atoms with Gasteiger partial charge in [0.25, 0.3) is 0 Å². The lowest BCUT2D eigenvalue weighted by atomic mass is 10.0. The Balaban J connectivity index is 1.52. The number of rotatable bonds is 8. The molecule has 2 aliphatic heterocycles. The highest BCUT2D eigenvalue weighted by Gasteiger charge is 2.33. The number of halogens is 1.